The predicted octanol–water partition coefficient (Wildman–Crippen LogP) is 2.59. The third kappa shape index (κ3) is 3.84. The summed E-state index contributed by atoms with van der Waals surface area (Å²) in [5.74, 6) is -1.63. The van der Waals surface area contributed by atoms with Gasteiger partial charge in [-0.1, -0.05) is 0 Å². The molecule has 2 rings (SSSR count). The summed E-state index contributed by atoms with van der Waals surface area (Å²) in [6, 6.07) is 1.47. The molecule has 2 N–H and O–H groups in total. The Morgan fingerprint density at radius 1 is 1.35 bits per heavy atom. The topological polar surface area (TPSA) is 63.4 Å². The maximum absolute atomic E-state index is 13.6. The van der Waals surface area contributed by atoms with Crippen LogP contribution in [0.3, 0.4) is 0 Å². The third-order valence-corrected chi connectivity index (χ3v) is 5.91. The first kappa shape index (κ1) is 18.2. The number of piperidine rings is 1. The highest BCUT2D eigenvalue weighted by Gasteiger charge is 2.36. The fraction of sp³-hybridized carbons (Fsp3) is 0.571. The molecule has 9 heteroatoms. The van der Waals surface area contributed by atoms with Crippen LogP contribution in [0.2, 0.25) is 0 Å². The van der Waals surface area contributed by atoms with Crippen LogP contribution in [0.25, 0.3) is 0 Å². The smallest absolute Gasteiger partial charge is 0.328 e. The zero-order valence-corrected chi connectivity index (χ0v) is 13.3. The van der Waals surface area contributed by atoms with Crippen molar-refractivity contribution in [3.05, 3.63) is 29.6 Å². The van der Waals surface area contributed by atoms with Crippen LogP contribution >= 0.6 is 0 Å². The molecular formula is C14H18F4N2O2S. The average Bonchev–Trinajstić information content (AvgIpc) is 2.45. The summed E-state index contributed by atoms with van der Waals surface area (Å²) in [6.07, 6.45) is -3.48. The quantitative estimate of drug-likeness (QED) is 0.849. The lowest BCUT2D eigenvalue weighted by molar-refractivity contribution is -0.140. The van der Waals surface area contributed by atoms with Crippen LogP contribution < -0.4 is 5.73 Å². The van der Waals surface area contributed by atoms with Crippen LogP contribution in [-0.4, -0.2) is 31.9 Å². The highest BCUT2D eigenvalue weighted by molar-refractivity contribution is 7.89. The van der Waals surface area contributed by atoms with Gasteiger partial charge in [-0.3, -0.25) is 0 Å². The SMILES string of the molecule is CC(N)C1CCCN(S(=O)(=O)c2ccc(C(F)(F)F)c(F)c2)C1. The van der Waals surface area contributed by atoms with Crippen LogP contribution in [-0.2, 0) is 16.2 Å². The molecule has 1 saturated heterocycles. The van der Waals surface area contributed by atoms with Crippen LogP contribution in [0, 0.1) is 11.7 Å². The van der Waals surface area contributed by atoms with Crippen LogP contribution in [0.15, 0.2) is 23.1 Å². The molecule has 23 heavy (non-hydrogen) atoms. The lowest BCUT2D eigenvalue weighted by atomic mass is 9.93. The second-order valence-electron chi connectivity index (χ2n) is 5.76. The van der Waals surface area contributed by atoms with Gasteiger partial charge < -0.3 is 5.73 Å². The van der Waals surface area contributed by atoms with Crippen molar-refractivity contribution in [2.75, 3.05) is 13.1 Å². The van der Waals surface area contributed by atoms with Gasteiger partial charge in [0.25, 0.3) is 0 Å². The lowest BCUT2D eigenvalue weighted by Crippen LogP contribution is -2.44. The van der Waals surface area contributed by atoms with E-state index >= 15 is 0 Å². The van der Waals surface area contributed by atoms with Crippen LogP contribution in [0.1, 0.15) is 25.3 Å². The van der Waals surface area contributed by atoms with E-state index in [1.807, 2.05) is 0 Å². The minimum atomic E-state index is -4.86. The van der Waals surface area contributed by atoms with Gasteiger partial charge >= 0.3 is 6.18 Å². The maximum atomic E-state index is 13.6. The standard InChI is InChI=1S/C14H18F4N2O2S/c1-9(19)10-3-2-6-20(8-10)23(21,22)11-4-5-12(13(15)7-11)14(16,17)18/h4-5,7,9-10H,2-3,6,8,19H2,1H3. The van der Waals surface area contributed by atoms with E-state index in [0.29, 0.717) is 18.6 Å². The third-order valence-electron chi connectivity index (χ3n) is 4.05. The molecule has 0 spiro atoms. The number of rotatable bonds is 3. The first-order chi connectivity index (χ1) is 10.5. The molecule has 4 nitrogen and oxygen atoms in total. The molecule has 130 valence electrons. The number of alkyl halides is 3. The van der Waals surface area contributed by atoms with Gasteiger partial charge in [-0.05, 0) is 43.9 Å². The summed E-state index contributed by atoms with van der Waals surface area (Å²) >= 11 is 0. The Balaban J connectivity index is 2.31. The fourth-order valence-electron chi connectivity index (χ4n) is 2.66. The van der Waals surface area contributed by atoms with E-state index < -0.39 is 32.5 Å². The van der Waals surface area contributed by atoms with E-state index in [4.69, 9.17) is 5.73 Å². The second-order valence-corrected chi connectivity index (χ2v) is 7.70. The molecule has 0 bridgehead atoms. The molecule has 1 aliphatic rings. The van der Waals surface area contributed by atoms with Crippen molar-refractivity contribution < 1.29 is 26.0 Å². The van der Waals surface area contributed by atoms with Gasteiger partial charge in [-0.25, -0.2) is 12.8 Å². The summed E-state index contributed by atoms with van der Waals surface area (Å²) in [6.45, 7) is 2.20. The number of benzene rings is 1. The van der Waals surface area contributed by atoms with E-state index in [9.17, 15) is 26.0 Å². The van der Waals surface area contributed by atoms with Crippen molar-refractivity contribution in [1.82, 2.24) is 4.31 Å². The van der Waals surface area contributed by atoms with Gasteiger partial charge in [-0.15, -0.1) is 0 Å². The molecule has 2 unspecified atom stereocenters. The van der Waals surface area contributed by atoms with Gasteiger partial charge in [0.1, 0.15) is 5.82 Å². The molecule has 0 radical (unpaired) electrons. The Bertz CT molecular complexity index is 674. The molecule has 1 aliphatic heterocycles. The van der Waals surface area contributed by atoms with Crippen molar-refractivity contribution in [2.24, 2.45) is 11.7 Å². The number of hydrogen-bond acceptors (Lipinski definition) is 3. The van der Waals surface area contributed by atoms with Gasteiger partial charge in [0, 0.05) is 19.1 Å². The van der Waals surface area contributed by atoms with E-state index in [-0.39, 0.29) is 25.0 Å². The number of hydrogen-bond donors (Lipinski definition) is 1. The van der Waals surface area contributed by atoms with Crippen molar-refractivity contribution in [1.29, 1.82) is 0 Å². The van der Waals surface area contributed by atoms with Crippen LogP contribution in [0.5, 0.6) is 0 Å². The van der Waals surface area contributed by atoms with E-state index in [2.05, 4.69) is 0 Å². The van der Waals surface area contributed by atoms with Gasteiger partial charge in [0.15, 0.2) is 0 Å². The zero-order valence-electron chi connectivity index (χ0n) is 12.5. The highest BCUT2D eigenvalue weighted by Crippen LogP contribution is 2.33. The van der Waals surface area contributed by atoms with Gasteiger partial charge in [0.05, 0.1) is 10.5 Å². The number of nitrogens with two attached hydrogens (primary N) is 1. The van der Waals surface area contributed by atoms with E-state index in [1.165, 1.54) is 0 Å². The first-order valence-electron chi connectivity index (χ1n) is 7.16. The molecular weight excluding hydrogens is 336 g/mol. The molecule has 0 aromatic heterocycles. The number of halogens is 4. The Morgan fingerprint density at radius 3 is 2.52 bits per heavy atom. The van der Waals surface area contributed by atoms with Crippen LogP contribution in [0.4, 0.5) is 17.6 Å². The Kier molecular flexibility index (Phi) is 5.03. The molecule has 1 heterocycles. The Morgan fingerprint density at radius 2 is 2.00 bits per heavy atom. The minimum Gasteiger partial charge on any atom is -0.328 e. The van der Waals surface area contributed by atoms with E-state index in [1.54, 1.807) is 6.92 Å². The van der Waals surface area contributed by atoms with Crippen molar-refractivity contribution in [3.63, 3.8) is 0 Å². The summed E-state index contributed by atoms with van der Waals surface area (Å²) in [5, 5.41) is 0. The summed E-state index contributed by atoms with van der Waals surface area (Å²) < 4.78 is 77.5. The largest absolute Gasteiger partial charge is 0.419 e. The van der Waals surface area contributed by atoms with Crippen molar-refractivity contribution >= 4 is 10.0 Å². The normalized spacial score (nSPS) is 22.1. The molecule has 1 aromatic rings. The zero-order chi connectivity index (χ0) is 17.4. The number of nitrogens with zero attached hydrogens (tertiary/aromatic N) is 1. The minimum absolute atomic E-state index is 0.0298. The fourth-order valence-corrected chi connectivity index (χ4v) is 4.20. The maximum Gasteiger partial charge on any atom is 0.419 e. The molecule has 1 fully saturated rings. The highest BCUT2D eigenvalue weighted by atomic mass is 32.2. The first-order valence-corrected chi connectivity index (χ1v) is 8.60. The lowest BCUT2D eigenvalue weighted by Gasteiger charge is -2.33. The second kappa shape index (κ2) is 6.37. The summed E-state index contributed by atoms with van der Waals surface area (Å²) in [4.78, 5) is -0.478. The molecule has 2 atom stereocenters. The van der Waals surface area contributed by atoms with Crippen molar-refractivity contribution in [2.45, 2.75) is 36.9 Å². The number of sulfonamides is 1. The molecule has 0 amide bonds. The molecule has 0 aliphatic carbocycles. The summed E-state index contributed by atoms with van der Waals surface area (Å²) in [5.41, 5.74) is 4.31. The average molecular weight is 354 g/mol. The molecule has 1 aromatic carbocycles. The Hall–Kier alpha value is -1.19. The van der Waals surface area contributed by atoms with E-state index in [0.717, 1.165) is 16.8 Å². The van der Waals surface area contributed by atoms with Crippen molar-refractivity contribution in [3.8, 4) is 0 Å². The van der Waals surface area contributed by atoms with Gasteiger partial charge in [-0.2, -0.15) is 17.5 Å². The predicted molar refractivity (Wildman–Crippen MR) is 76.5 cm³/mol. The molecule has 0 saturated carbocycles. The monoisotopic (exact) mass is 354 g/mol. The Labute approximate surface area is 132 Å². The summed E-state index contributed by atoms with van der Waals surface area (Å²) in [7, 11) is -4.04. The van der Waals surface area contributed by atoms with Gasteiger partial charge in [0.2, 0.25) is 10.0 Å².